The number of aryl methyl sites for hydroxylation is 1. The smallest absolute Gasteiger partial charge is 0.332 e. The summed E-state index contributed by atoms with van der Waals surface area (Å²) in [6.07, 6.45) is 3.07. The lowest BCUT2D eigenvalue weighted by atomic mass is 9.95. The van der Waals surface area contributed by atoms with Gasteiger partial charge in [0, 0.05) is 6.20 Å². The summed E-state index contributed by atoms with van der Waals surface area (Å²) < 4.78 is 16.5. The molecule has 2 heterocycles. The van der Waals surface area contributed by atoms with Crippen molar-refractivity contribution in [2.24, 2.45) is 11.8 Å². The van der Waals surface area contributed by atoms with E-state index in [0.29, 0.717) is 12.0 Å². The van der Waals surface area contributed by atoms with E-state index in [0.717, 1.165) is 25.7 Å². The fourth-order valence-electron chi connectivity index (χ4n) is 4.15. The third-order valence-electron chi connectivity index (χ3n) is 6.17. The number of carbonyl (C=O) groups excluding carboxylic acids is 4. The third kappa shape index (κ3) is 5.61. The van der Waals surface area contributed by atoms with Crippen molar-refractivity contribution in [2.75, 3.05) is 6.61 Å². The number of cyclic esters (lactones) is 2. The van der Waals surface area contributed by atoms with Crippen molar-refractivity contribution in [3.63, 3.8) is 0 Å². The van der Waals surface area contributed by atoms with Gasteiger partial charge in [0.25, 0.3) is 5.91 Å². The van der Waals surface area contributed by atoms with E-state index in [9.17, 15) is 24.3 Å². The van der Waals surface area contributed by atoms with Crippen molar-refractivity contribution >= 4 is 23.8 Å². The van der Waals surface area contributed by atoms with E-state index in [4.69, 9.17) is 14.2 Å². The molecule has 1 aromatic heterocycles. The molecule has 2 aliphatic rings. The van der Waals surface area contributed by atoms with Crippen LogP contribution in [-0.4, -0.2) is 58.8 Å². The fourth-order valence-corrected chi connectivity index (χ4v) is 4.15. The number of aromatic nitrogens is 1. The topological polar surface area (TPSA) is 141 Å². The predicted octanol–water partition coefficient (Wildman–Crippen LogP) is 1.81. The number of pyridine rings is 1. The number of rotatable bonds is 5. The number of hydrogen-bond donors (Lipinski definition) is 2. The minimum atomic E-state index is -1.33. The molecule has 0 aromatic carbocycles. The van der Waals surface area contributed by atoms with Gasteiger partial charge in [-0.3, -0.25) is 14.4 Å². The van der Waals surface area contributed by atoms with Crippen LogP contribution in [0.4, 0.5) is 0 Å². The second-order valence-electron chi connectivity index (χ2n) is 8.52. The van der Waals surface area contributed by atoms with Gasteiger partial charge in [-0.25, -0.2) is 9.78 Å². The summed E-state index contributed by atoms with van der Waals surface area (Å²) in [5.74, 6) is -4.10. The number of aromatic hydroxyl groups is 1. The van der Waals surface area contributed by atoms with E-state index < -0.39 is 54.6 Å². The van der Waals surface area contributed by atoms with Crippen LogP contribution in [0.15, 0.2) is 12.3 Å². The monoisotopic (exact) mass is 462 g/mol. The number of ether oxygens (including phenoxy) is 3. The van der Waals surface area contributed by atoms with E-state index in [1.54, 1.807) is 20.8 Å². The Bertz CT molecular complexity index is 912. The highest BCUT2D eigenvalue weighted by Gasteiger charge is 2.42. The Morgan fingerprint density at radius 1 is 1.24 bits per heavy atom. The van der Waals surface area contributed by atoms with Gasteiger partial charge in [-0.2, -0.15) is 0 Å². The molecule has 0 bridgehead atoms. The van der Waals surface area contributed by atoms with Gasteiger partial charge < -0.3 is 24.6 Å². The fraction of sp³-hybridized carbons (Fsp3) is 0.609. The van der Waals surface area contributed by atoms with Crippen LogP contribution in [0.25, 0.3) is 0 Å². The first-order valence-corrected chi connectivity index (χ1v) is 11.3. The maximum absolute atomic E-state index is 12.8. The van der Waals surface area contributed by atoms with Crippen molar-refractivity contribution < 1.29 is 38.5 Å². The molecule has 4 atom stereocenters. The highest BCUT2D eigenvalue weighted by Crippen LogP contribution is 2.29. The molecule has 1 amide bonds. The van der Waals surface area contributed by atoms with Crippen LogP contribution in [0.5, 0.6) is 5.75 Å². The van der Waals surface area contributed by atoms with Crippen molar-refractivity contribution in [2.45, 2.75) is 71.1 Å². The molecule has 1 saturated heterocycles. The highest BCUT2D eigenvalue weighted by atomic mass is 16.6. The number of hydrogen-bond acceptors (Lipinski definition) is 9. The van der Waals surface area contributed by atoms with Gasteiger partial charge >= 0.3 is 17.9 Å². The van der Waals surface area contributed by atoms with Crippen LogP contribution in [0, 0.1) is 18.8 Å². The number of amides is 1. The molecule has 2 fully saturated rings. The van der Waals surface area contributed by atoms with Gasteiger partial charge in [0.1, 0.15) is 18.5 Å². The average Bonchev–Trinajstić information content (AvgIpc) is 3.33. The maximum Gasteiger partial charge on any atom is 0.332 e. The second-order valence-corrected chi connectivity index (χ2v) is 8.52. The molecule has 0 unspecified atom stereocenters. The molecule has 0 radical (unpaired) electrons. The number of nitrogens with one attached hydrogen (secondary N) is 1. The largest absolute Gasteiger partial charge is 0.505 e. The number of esters is 3. The first-order valence-electron chi connectivity index (χ1n) is 11.3. The van der Waals surface area contributed by atoms with Crippen molar-refractivity contribution in [1.82, 2.24) is 10.3 Å². The van der Waals surface area contributed by atoms with E-state index in [-0.39, 0.29) is 17.4 Å². The lowest BCUT2D eigenvalue weighted by Crippen LogP contribution is -2.46. The zero-order chi connectivity index (χ0) is 24.1. The molecule has 1 aliphatic carbocycles. The zero-order valence-corrected chi connectivity index (χ0v) is 19.0. The van der Waals surface area contributed by atoms with Gasteiger partial charge in [-0.05, 0) is 44.7 Å². The third-order valence-corrected chi connectivity index (χ3v) is 6.17. The normalized spacial score (nSPS) is 26.4. The van der Waals surface area contributed by atoms with Gasteiger partial charge in [-0.1, -0.05) is 19.8 Å². The molecule has 1 aliphatic heterocycles. The second kappa shape index (κ2) is 10.6. The first-order chi connectivity index (χ1) is 15.7. The van der Waals surface area contributed by atoms with E-state index in [1.165, 1.54) is 12.3 Å². The minimum absolute atomic E-state index is 0.226. The van der Waals surface area contributed by atoms with Gasteiger partial charge in [0.2, 0.25) is 0 Å². The Labute approximate surface area is 192 Å². The van der Waals surface area contributed by atoms with Crippen LogP contribution < -0.4 is 5.32 Å². The summed E-state index contributed by atoms with van der Waals surface area (Å²) in [6.45, 7) is 4.42. The van der Waals surface area contributed by atoms with Crippen LogP contribution >= 0.6 is 0 Å². The Kier molecular flexibility index (Phi) is 7.88. The lowest BCUT2D eigenvalue weighted by Gasteiger charge is -2.29. The van der Waals surface area contributed by atoms with E-state index >= 15 is 0 Å². The molecule has 180 valence electrons. The highest BCUT2D eigenvalue weighted by molar-refractivity contribution is 5.97. The molecular formula is C23H30N2O8. The minimum Gasteiger partial charge on any atom is -0.505 e. The van der Waals surface area contributed by atoms with Crippen LogP contribution in [0.2, 0.25) is 0 Å². The Hall–Kier alpha value is -3.17. The maximum atomic E-state index is 12.8. The molecule has 10 heteroatoms. The molecule has 0 spiro atoms. The summed E-state index contributed by atoms with van der Waals surface area (Å²) in [5.41, 5.74) is 0.168. The molecule has 33 heavy (non-hydrogen) atoms. The first kappa shape index (κ1) is 24.5. The summed E-state index contributed by atoms with van der Waals surface area (Å²) in [7, 11) is 0. The van der Waals surface area contributed by atoms with Crippen LogP contribution in [-0.2, 0) is 28.6 Å². The molecule has 3 rings (SSSR count). The van der Waals surface area contributed by atoms with Gasteiger partial charge in [-0.15, -0.1) is 0 Å². The van der Waals surface area contributed by atoms with E-state index in [1.807, 2.05) is 0 Å². The molecule has 10 nitrogen and oxygen atoms in total. The average molecular weight is 462 g/mol. The Morgan fingerprint density at radius 2 is 1.94 bits per heavy atom. The summed E-state index contributed by atoms with van der Waals surface area (Å²) >= 11 is 0. The Morgan fingerprint density at radius 3 is 2.61 bits per heavy atom. The summed E-state index contributed by atoms with van der Waals surface area (Å²) in [6, 6.07) is 0.203. The summed E-state index contributed by atoms with van der Waals surface area (Å²) in [5, 5.41) is 12.5. The van der Waals surface area contributed by atoms with Gasteiger partial charge in [0.15, 0.2) is 17.8 Å². The quantitative estimate of drug-likeness (QED) is 0.495. The molecule has 2 N–H and O–H groups in total. The van der Waals surface area contributed by atoms with Crippen molar-refractivity contribution in [3.8, 4) is 5.75 Å². The van der Waals surface area contributed by atoms with Crippen molar-refractivity contribution in [1.29, 1.82) is 0 Å². The van der Waals surface area contributed by atoms with Gasteiger partial charge in [0.05, 0.1) is 11.8 Å². The number of carbonyl (C=O) groups is 4. The number of nitrogens with zero attached hydrogens (tertiary/aromatic N) is 1. The SMILES string of the molecule is CC[C@H]1C(=O)OC[C@H](NC(=O)c2nccc(C)c2O)C(=O)O[C@@H](C)[C@@H]1OC(=O)C1CCCC1. The predicted molar refractivity (Wildman–Crippen MR) is 114 cm³/mol. The van der Waals surface area contributed by atoms with Crippen LogP contribution in [0.3, 0.4) is 0 Å². The zero-order valence-electron chi connectivity index (χ0n) is 19.0. The summed E-state index contributed by atoms with van der Waals surface area (Å²) in [4.78, 5) is 54.6. The standard InChI is InChI=1S/C23H30N2O8/c1-4-15-19(33-21(28)14-7-5-6-8-14)13(3)32-23(30)16(11-31-22(15)29)25-20(27)17-18(26)12(2)9-10-24-17/h9-10,13-16,19,26H,4-8,11H2,1-3H3,(H,25,27)/t13-,15+,16-,19-/m0/s1. The molecule has 1 saturated carbocycles. The Balaban J connectivity index is 1.76. The molecular weight excluding hydrogens is 432 g/mol. The van der Waals surface area contributed by atoms with E-state index in [2.05, 4.69) is 10.3 Å². The lowest BCUT2D eigenvalue weighted by molar-refractivity contribution is -0.177. The molecule has 1 aromatic rings. The van der Waals surface area contributed by atoms with Crippen LogP contribution in [0.1, 0.15) is 62.0 Å². The van der Waals surface area contributed by atoms with Crippen molar-refractivity contribution in [3.05, 3.63) is 23.5 Å².